The zero-order valence-corrected chi connectivity index (χ0v) is 36.2. The van der Waals surface area contributed by atoms with Gasteiger partial charge in [-0.1, -0.05) is 64.1 Å². The first-order chi connectivity index (χ1) is 27.9. The lowest BCUT2D eigenvalue weighted by molar-refractivity contribution is -0.163. The first kappa shape index (κ1) is 47.9. The van der Waals surface area contributed by atoms with Crippen molar-refractivity contribution in [2.45, 2.75) is 90.4 Å². The summed E-state index contributed by atoms with van der Waals surface area (Å²) in [6.07, 6.45) is 0.194. The minimum Gasteiger partial charge on any atom is -0.508 e. The average Bonchev–Trinajstić information content (AvgIpc) is 3.22. The molecule has 59 heavy (non-hydrogen) atoms. The van der Waals surface area contributed by atoms with Gasteiger partial charge >= 0.3 is 11.9 Å². The molecule has 1 unspecified atom stereocenters. The molecule has 0 radical (unpaired) electrons. The van der Waals surface area contributed by atoms with Crippen LogP contribution in [0.3, 0.4) is 0 Å². The Labute approximate surface area is 349 Å². The summed E-state index contributed by atoms with van der Waals surface area (Å²) in [5, 5.41) is 19.7. The lowest BCUT2D eigenvalue weighted by Crippen LogP contribution is -2.55. The van der Waals surface area contributed by atoms with Crippen LogP contribution in [0.15, 0.2) is 72.8 Å². The number of rotatable bonds is 22. The summed E-state index contributed by atoms with van der Waals surface area (Å²) in [7, 11) is 9.41. The molecule has 2 N–H and O–H groups in total. The smallest absolute Gasteiger partial charge is 0.328 e. The van der Waals surface area contributed by atoms with Crippen molar-refractivity contribution in [3.63, 3.8) is 0 Å². The van der Waals surface area contributed by atoms with Gasteiger partial charge in [0, 0.05) is 45.2 Å². The summed E-state index contributed by atoms with van der Waals surface area (Å²) in [6.45, 7) is 7.54. The van der Waals surface area contributed by atoms with E-state index in [2.05, 4.69) is 0 Å². The van der Waals surface area contributed by atoms with Gasteiger partial charge < -0.3 is 34.2 Å². The van der Waals surface area contributed by atoms with Crippen LogP contribution in [0, 0.1) is 17.8 Å². The number of aromatic hydroxyl groups is 2. The Kier molecular flexibility index (Phi) is 18.4. The van der Waals surface area contributed by atoms with E-state index in [1.54, 1.807) is 50.4 Å². The zero-order valence-electron chi connectivity index (χ0n) is 36.2. The Morgan fingerprint density at radius 2 is 1.08 bits per heavy atom. The standard InChI is InChI=1S/C46H63N3O10/c1-11-30(4)42(59-46(56)39(47(5)6)27-33-16-22-36(57-9)23-17-33)41(52)25-24-37(29(2)3)43(53)48(7)38(26-31-12-18-34(50)19-13-31)44(54)49(8)40(45(55)58-10)28-32-14-20-35(51)21-15-32/h12-23,29-30,37-40,42,50-51H,11,24-28H2,1-10H3/t30-,37?,38-,39-,40-,42+/m1/s1. The number of ether oxygens (including phenoxy) is 3. The first-order valence-corrected chi connectivity index (χ1v) is 20.1. The molecule has 3 aromatic carbocycles. The molecule has 13 nitrogen and oxygen atoms in total. The van der Waals surface area contributed by atoms with Gasteiger partial charge in [-0.15, -0.1) is 0 Å². The highest BCUT2D eigenvalue weighted by Gasteiger charge is 2.39. The molecule has 13 heteroatoms. The van der Waals surface area contributed by atoms with Crippen LogP contribution in [-0.4, -0.2) is 121 Å². The van der Waals surface area contributed by atoms with E-state index in [9.17, 15) is 34.2 Å². The van der Waals surface area contributed by atoms with Gasteiger partial charge in [0.25, 0.3) is 0 Å². The molecule has 0 aromatic heterocycles. The van der Waals surface area contributed by atoms with Crippen LogP contribution in [0.4, 0.5) is 0 Å². The van der Waals surface area contributed by atoms with Crippen LogP contribution < -0.4 is 4.74 Å². The van der Waals surface area contributed by atoms with E-state index < -0.39 is 48.0 Å². The van der Waals surface area contributed by atoms with E-state index >= 15 is 0 Å². The minimum absolute atomic E-state index is 0.0383. The van der Waals surface area contributed by atoms with E-state index in [0.717, 1.165) is 5.56 Å². The fourth-order valence-corrected chi connectivity index (χ4v) is 6.98. The lowest BCUT2D eigenvalue weighted by Gasteiger charge is -2.36. The summed E-state index contributed by atoms with van der Waals surface area (Å²) >= 11 is 0. The Hall–Kier alpha value is -5.43. The van der Waals surface area contributed by atoms with Crippen LogP contribution in [0.25, 0.3) is 0 Å². The van der Waals surface area contributed by atoms with Gasteiger partial charge in [0.15, 0.2) is 11.9 Å². The summed E-state index contributed by atoms with van der Waals surface area (Å²) in [6, 6.07) is 17.2. The Balaban J connectivity index is 1.86. The number of phenols is 2. The van der Waals surface area contributed by atoms with Crippen molar-refractivity contribution in [1.29, 1.82) is 0 Å². The topological polar surface area (TPSA) is 163 Å². The number of amides is 2. The highest BCUT2D eigenvalue weighted by Crippen LogP contribution is 2.26. The van der Waals surface area contributed by atoms with Crippen molar-refractivity contribution in [2.75, 3.05) is 42.4 Å². The second-order valence-electron chi connectivity index (χ2n) is 15.8. The van der Waals surface area contributed by atoms with Gasteiger partial charge in [0.05, 0.1) is 14.2 Å². The summed E-state index contributed by atoms with van der Waals surface area (Å²) < 4.78 is 16.4. The molecule has 2 amide bonds. The highest BCUT2D eigenvalue weighted by atomic mass is 16.5. The molecule has 0 saturated heterocycles. The van der Waals surface area contributed by atoms with Gasteiger partial charge in [-0.2, -0.15) is 0 Å². The number of carbonyl (C=O) groups is 5. The zero-order chi connectivity index (χ0) is 44.0. The number of ketones is 1. The number of phenolic OH excluding ortho intramolecular Hbond substituents is 2. The van der Waals surface area contributed by atoms with Crippen molar-refractivity contribution in [1.82, 2.24) is 14.7 Å². The molecule has 6 atom stereocenters. The predicted molar refractivity (Wildman–Crippen MR) is 225 cm³/mol. The van der Waals surface area contributed by atoms with Crippen molar-refractivity contribution in [3.05, 3.63) is 89.5 Å². The second-order valence-corrected chi connectivity index (χ2v) is 15.8. The summed E-state index contributed by atoms with van der Waals surface area (Å²) in [5.74, 6) is -2.75. The number of methoxy groups -OCH3 is 2. The average molecular weight is 818 g/mol. The normalized spacial score (nSPS) is 14.4. The van der Waals surface area contributed by atoms with Crippen LogP contribution in [0.1, 0.15) is 63.6 Å². The maximum Gasteiger partial charge on any atom is 0.328 e. The van der Waals surface area contributed by atoms with Crippen molar-refractivity contribution in [3.8, 4) is 17.2 Å². The maximum absolute atomic E-state index is 14.5. The van der Waals surface area contributed by atoms with Gasteiger partial charge in [0.2, 0.25) is 11.8 Å². The van der Waals surface area contributed by atoms with E-state index in [1.807, 2.05) is 52.0 Å². The molecule has 0 aliphatic carbocycles. The largest absolute Gasteiger partial charge is 0.508 e. The van der Waals surface area contributed by atoms with Crippen LogP contribution in [0.2, 0.25) is 0 Å². The van der Waals surface area contributed by atoms with Crippen LogP contribution >= 0.6 is 0 Å². The SMILES string of the molecule is CC[C@@H](C)[C@H](OC(=O)[C@@H](Cc1ccc(OC)cc1)N(C)C)C(=O)CCC(C(=O)N(C)[C@H](Cc1ccc(O)cc1)C(=O)N(C)[C@H](Cc1ccc(O)cc1)C(=O)OC)C(C)C. The molecular formula is C46H63N3O10. The van der Waals surface area contributed by atoms with E-state index in [4.69, 9.17) is 14.2 Å². The van der Waals surface area contributed by atoms with Gasteiger partial charge in [-0.25, -0.2) is 4.79 Å². The van der Waals surface area contributed by atoms with Gasteiger partial charge in [-0.05, 0) is 92.4 Å². The Morgan fingerprint density at radius 1 is 0.627 bits per heavy atom. The van der Waals surface area contributed by atoms with E-state index in [-0.39, 0.29) is 60.7 Å². The highest BCUT2D eigenvalue weighted by molar-refractivity contribution is 5.92. The van der Waals surface area contributed by atoms with E-state index in [0.29, 0.717) is 29.7 Å². The third-order valence-corrected chi connectivity index (χ3v) is 11.1. The maximum atomic E-state index is 14.5. The van der Waals surface area contributed by atoms with Crippen molar-refractivity contribution < 1.29 is 48.4 Å². The lowest BCUT2D eigenvalue weighted by atomic mass is 9.86. The van der Waals surface area contributed by atoms with Crippen LogP contribution in [0.5, 0.6) is 17.2 Å². The molecule has 0 aliphatic heterocycles. The second kappa shape index (κ2) is 22.6. The Bertz CT molecular complexity index is 1830. The number of hydrogen-bond acceptors (Lipinski definition) is 11. The number of esters is 2. The number of likely N-dealkylation sites (N-methyl/N-ethyl adjacent to an activating group) is 3. The van der Waals surface area contributed by atoms with Gasteiger partial charge in [-0.3, -0.25) is 24.1 Å². The third kappa shape index (κ3) is 13.6. The Morgan fingerprint density at radius 3 is 1.53 bits per heavy atom. The molecular weight excluding hydrogens is 755 g/mol. The van der Waals surface area contributed by atoms with E-state index in [1.165, 1.54) is 55.3 Å². The molecule has 0 saturated carbocycles. The summed E-state index contributed by atoms with van der Waals surface area (Å²) in [4.78, 5) is 74.2. The third-order valence-electron chi connectivity index (χ3n) is 11.1. The molecule has 0 aliphatic rings. The quantitative estimate of drug-likeness (QED) is 0.124. The molecule has 3 rings (SSSR count). The predicted octanol–water partition coefficient (Wildman–Crippen LogP) is 5.47. The number of benzene rings is 3. The van der Waals surface area contributed by atoms with Crippen molar-refractivity contribution >= 4 is 29.5 Å². The molecule has 0 fully saturated rings. The molecule has 0 bridgehead atoms. The minimum atomic E-state index is -1.08. The monoisotopic (exact) mass is 817 g/mol. The number of carbonyl (C=O) groups excluding carboxylic acids is 5. The number of Topliss-reactive ketones (excluding diaryl/α,β-unsaturated/α-hetero) is 1. The first-order valence-electron chi connectivity index (χ1n) is 20.1. The number of hydrogen-bond donors (Lipinski definition) is 2. The van der Waals surface area contributed by atoms with Crippen LogP contribution in [-0.2, 0) is 52.7 Å². The molecule has 0 spiro atoms. The summed E-state index contributed by atoms with van der Waals surface area (Å²) in [5.41, 5.74) is 2.25. The van der Waals surface area contributed by atoms with Crippen molar-refractivity contribution in [2.24, 2.45) is 17.8 Å². The molecule has 3 aromatic rings. The molecule has 0 heterocycles. The number of nitrogens with zero attached hydrogens (tertiary/aromatic N) is 3. The fourth-order valence-electron chi connectivity index (χ4n) is 6.98. The molecule has 322 valence electrons. The fraction of sp³-hybridized carbons (Fsp3) is 0.500. The van der Waals surface area contributed by atoms with Gasteiger partial charge in [0.1, 0.15) is 35.4 Å².